The van der Waals surface area contributed by atoms with Gasteiger partial charge in [-0.05, 0) is 31.9 Å². The Morgan fingerprint density at radius 2 is 1.33 bits per heavy atom. The van der Waals surface area contributed by atoms with Gasteiger partial charge < -0.3 is 0 Å². The van der Waals surface area contributed by atoms with Crippen molar-refractivity contribution >= 4 is 0 Å². The fourth-order valence-electron chi connectivity index (χ4n) is 2.30. The molecule has 2 aliphatic carbocycles. The van der Waals surface area contributed by atoms with E-state index < -0.39 is 0 Å². The lowest BCUT2D eigenvalue weighted by molar-refractivity contribution is 0.888. The highest BCUT2D eigenvalue weighted by Gasteiger charge is 2.16. The Morgan fingerprint density at radius 1 is 0.714 bits per heavy atom. The Bertz CT molecular complexity index is 528. The van der Waals surface area contributed by atoms with Gasteiger partial charge in [0.05, 0.1) is 0 Å². The molecule has 0 N–H and O–H groups in total. The topological polar surface area (TPSA) is 0 Å². The zero-order chi connectivity index (χ0) is 13.0. The molecule has 0 heterocycles. The van der Waals surface area contributed by atoms with Crippen LogP contribution in [-0.4, -0.2) is 0 Å². The van der Waals surface area contributed by atoms with E-state index in [-0.39, 0.29) is 22.3 Å². The van der Waals surface area contributed by atoms with Gasteiger partial charge >= 0.3 is 0 Å². The van der Waals surface area contributed by atoms with Gasteiger partial charge in [0.15, 0.2) is 0 Å². The second kappa shape index (κ2) is 9.99. The van der Waals surface area contributed by atoms with Crippen LogP contribution in [0, 0.1) is 5.92 Å². The van der Waals surface area contributed by atoms with E-state index in [1.165, 1.54) is 22.3 Å². The molecule has 21 heavy (non-hydrogen) atoms. The highest BCUT2D eigenvalue weighted by molar-refractivity contribution is 5.47. The summed E-state index contributed by atoms with van der Waals surface area (Å²) in [5.41, 5.74) is 5.48. The zero-order valence-corrected chi connectivity index (χ0v) is 11.4. The lowest BCUT2D eigenvalue weighted by atomic mass is 9.84. The van der Waals surface area contributed by atoms with Gasteiger partial charge in [0, 0.05) is 5.92 Å². The van der Waals surface area contributed by atoms with Crippen molar-refractivity contribution in [2.24, 2.45) is 5.92 Å². The molecule has 2 rings (SSSR count). The first kappa shape index (κ1) is 21.5. The molecular weight excluding hydrogens is 252 g/mol. The van der Waals surface area contributed by atoms with E-state index in [0.717, 1.165) is 0 Å². The molecule has 0 bridgehead atoms. The summed E-state index contributed by atoms with van der Waals surface area (Å²) in [7, 11) is 0. The van der Waals surface area contributed by atoms with Crippen LogP contribution in [0.3, 0.4) is 0 Å². The maximum atomic E-state index is 2.28. The normalized spacial score (nSPS) is 29.0. The molecule has 0 aliphatic heterocycles. The molecule has 0 nitrogen and oxygen atoms in total. The summed E-state index contributed by atoms with van der Waals surface area (Å²) in [6, 6.07) is 0. The molecule has 116 valence electrons. The SMILES string of the molecule is C.C.C.C\C1=C/C=C/C=C\C(C)=C(/C)C2C=CC=CC=C12. The average Bonchev–Trinajstić information content (AvgIpc) is 2.61. The van der Waals surface area contributed by atoms with E-state index in [1.807, 2.05) is 0 Å². The zero-order valence-electron chi connectivity index (χ0n) is 11.4. The maximum Gasteiger partial charge on any atom is 0.0236 e. The van der Waals surface area contributed by atoms with E-state index in [2.05, 4.69) is 81.5 Å². The van der Waals surface area contributed by atoms with Crippen LogP contribution in [0.4, 0.5) is 0 Å². The minimum absolute atomic E-state index is 0. The van der Waals surface area contributed by atoms with Crippen LogP contribution >= 0.6 is 0 Å². The molecule has 0 aromatic carbocycles. The summed E-state index contributed by atoms with van der Waals surface area (Å²) in [6.07, 6.45) is 21.5. The van der Waals surface area contributed by atoms with Crippen molar-refractivity contribution in [3.05, 3.63) is 83.1 Å². The van der Waals surface area contributed by atoms with Gasteiger partial charge in [0.1, 0.15) is 0 Å². The Balaban J connectivity index is 0. The number of hydrogen-bond donors (Lipinski definition) is 0. The first-order chi connectivity index (χ1) is 8.70. The van der Waals surface area contributed by atoms with E-state index in [9.17, 15) is 0 Å². The quantitative estimate of drug-likeness (QED) is 0.450. The molecule has 0 saturated heterocycles. The van der Waals surface area contributed by atoms with Gasteiger partial charge in [-0.2, -0.15) is 0 Å². The molecule has 0 aromatic rings. The van der Waals surface area contributed by atoms with Crippen LogP contribution < -0.4 is 0 Å². The van der Waals surface area contributed by atoms with Crippen molar-refractivity contribution in [3.63, 3.8) is 0 Å². The summed E-state index contributed by atoms with van der Waals surface area (Å²) in [4.78, 5) is 0. The minimum atomic E-state index is 0. The number of hydrogen-bond acceptors (Lipinski definition) is 0. The van der Waals surface area contributed by atoms with Crippen molar-refractivity contribution in [1.29, 1.82) is 0 Å². The van der Waals surface area contributed by atoms with Gasteiger partial charge in [0.25, 0.3) is 0 Å². The van der Waals surface area contributed by atoms with Gasteiger partial charge in [-0.3, -0.25) is 0 Å². The standard InChI is InChI=1S/C18H20.3CH4/c1-14-10-6-4-7-11-15(2)17-12-8-5-9-13-18(17)16(14)3;;;/h4-13,18H,1-3H3;3*1H4/b7-4+,10-6-,15-11+,16-14+;;;. The van der Waals surface area contributed by atoms with E-state index in [4.69, 9.17) is 0 Å². The van der Waals surface area contributed by atoms with Crippen LogP contribution in [0.25, 0.3) is 0 Å². The Hall–Kier alpha value is -1.82. The maximum absolute atomic E-state index is 2.28. The fraction of sp³-hybridized carbons (Fsp3) is 0.333. The molecule has 0 heteroatoms. The molecule has 0 fully saturated rings. The first-order valence-electron chi connectivity index (χ1n) is 6.44. The molecule has 0 aromatic heterocycles. The second-order valence-electron chi connectivity index (χ2n) is 4.83. The monoisotopic (exact) mass is 284 g/mol. The third-order valence-corrected chi connectivity index (χ3v) is 3.60. The van der Waals surface area contributed by atoms with Crippen molar-refractivity contribution in [2.75, 3.05) is 0 Å². The molecular formula is C21H32. The predicted molar refractivity (Wildman–Crippen MR) is 100 cm³/mol. The smallest absolute Gasteiger partial charge is 0.0236 e. The third kappa shape index (κ3) is 5.23. The lowest BCUT2D eigenvalue weighted by Gasteiger charge is -2.20. The predicted octanol–water partition coefficient (Wildman–Crippen LogP) is 6.97. The second-order valence-corrected chi connectivity index (χ2v) is 4.83. The largest absolute Gasteiger partial charge is 0.0776 e. The van der Waals surface area contributed by atoms with Crippen LogP contribution in [0.5, 0.6) is 0 Å². The van der Waals surface area contributed by atoms with Crippen LogP contribution in [0.2, 0.25) is 0 Å². The van der Waals surface area contributed by atoms with Gasteiger partial charge in [-0.25, -0.2) is 0 Å². The van der Waals surface area contributed by atoms with Gasteiger partial charge in [0.2, 0.25) is 0 Å². The summed E-state index contributed by atoms with van der Waals surface area (Å²) in [5, 5.41) is 0. The van der Waals surface area contributed by atoms with Gasteiger partial charge in [-0.15, -0.1) is 0 Å². The summed E-state index contributed by atoms with van der Waals surface area (Å²) in [6.45, 7) is 6.60. The van der Waals surface area contributed by atoms with Crippen LogP contribution in [-0.2, 0) is 0 Å². The highest BCUT2D eigenvalue weighted by atomic mass is 14.2. The summed E-state index contributed by atoms with van der Waals surface area (Å²) >= 11 is 0. The molecule has 0 spiro atoms. The first-order valence-corrected chi connectivity index (χ1v) is 6.44. The Kier molecular flexibility index (Phi) is 10.2. The molecule has 0 saturated carbocycles. The molecule has 0 radical (unpaired) electrons. The average molecular weight is 284 g/mol. The summed E-state index contributed by atoms with van der Waals surface area (Å²) in [5.74, 6) is 0.382. The Morgan fingerprint density at radius 3 is 2.05 bits per heavy atom. The number of fused-ring (bicyclic) bond motifs is 1. The van der Waals surface area contributed by atoms with Crippen molar-refractivity contribution in [2.45, 2.75) is 43.1 Å². The summed E-state index contributed by atoms with van der Waals surface area (Å²) < 4.78 is 0. The molecule has 1 atom stereocenters. The molecule has 1 unspecified atom stereocenters. The number of allylic oxidation sites excluding steroid dienone is 14. The van der Waals surface area contributed by atoms with E-state index >= 15 is 0 Å². The van der Waals surface area contributed by atoms with Crippen molar-refractivity contribution in [1.82, 2.24) is 0 Å². The van der Waals surface area contributed by atoms with Crippen molar-refractivity contribution in [3.8, 4) is 0 Å². The van der Waals surface area contributed by atoms with E-state index in [1.54, 1.807) is 0 Å². The third-order valence-electron chi connectivity index (χ3n) is 3.60. The number of rotatable bonds is 0. The van der Waals surface area contributed by atoms with Gasteiger partial charge in [-0.1, -0.05) is 94.2 Å². The highest BCUT2D eigenvalue weighted by Crippen LogP contribution is 2.31. The van der Waals surface area contributed by atoms with E-state index in [0.29, 0.717) is 5.92 Å². The van der Waals surface area contributed by atoms with Crippen LogP contribution in [0.15, 0.2) is 83.1 Å². The van der Waals surface area contributed by atoms with Crippen LogP contribution in [0.1, 0.15) is 43.1 Å². The molecule has 2 aliphatic rings. The minimum Gasteiger partial charge on any atom is -0.0776 e. The lowest BCUT2D eigenvalue weighted by Crippen LogP contribution is -2.06. The van der Waals surface area contributed by atoms with Crippen molar-refractivity contribution < 1.29 is 0 Å². The Labute approximate surface area is 132 Å². The fourth-order valence-corrected chi connectivity index (χ4v) is 2.30. The molecule has 0 amide bonds.